The lowest BCUT2D eigenvalue weighted by molar-refractivity contribution is -0.143. The molecule has 2 aromatic carbocycles. The monoisotopic (exact) mass is 591 g/mol. The summed E-state index contributed by atoms with van der Waals surface area (Å²) in [6.07, 6.45) is -10.0. The maximum atomic E-state index is 13.1. The molecule has 0 aliphatic carbocycles. The quantitative estimate of drug-likeness (QED) is 0.362. The standard InChI is InChI=1S/C24H23F6N5O4S/c1-37-18-4-3-14(9-19(18)38-2)13-39-21-20(32-40-33-21)34-5-7-35(8-6-34)22(36)31-17-11-15(23(25,26)27)10-16(12-17)24(28,29)30/h3-4,9-12H,5-8,13H2,1-2H3,(H,31,36). The molecular formula is C24H23F6N5O4S. The highest BCUT2D eigenvalue weighted by Gasteiger charge is 2.37. The summed E-state index contributed by atoms with van der Waals surface area (Å²) in [5.74, 6) is 1.84. The minimum Gasteiger partial charge on any atom is -0.493 e. The molecular weight excluding hydrogens is 568 g/mol. The largest absolute Gasteiger partial charge is 0.493 e. The fourth-order valence-electron chi connectivity index (χ4n) is 3.93. The van der Waals surface area contributed by atoms with Crippen LogP contribution in [0.2, 0.25) is 0 Å². The Kier molecular flexibility index (Phi) is 8.46. The molecule has 2 heterocycles. The highest BCUT2D eigenvalue weighted by molar-refractivity contribution is 6.99. The van der Waals surface area contributed by atoms with E-state index < -0.39 is 35.2 Å². The molecule has 1 fully saturated rings. The molecule has 1 aliphatic rings. The third-order valence-corrected chi connectivity index (χ3v) is 6.47. The Balaban J connectivity index is 1.37. The number of rotatable bonds is 7. The third kappa shape index (κ3) is 6.78. The maximum absolute atomic E-state index is 13.1. The molecule has 1 aromatic heterocycles. The van der Waals surface area contributed by atoms with Crippen molar-refractivity contribution in [3.05, 3.63) is 53.1 Å². The van der Waals surface area contributed by atoms with Crippen molar-refractivity contribution in [3.8, 4) is 17.4 Å². The first-order valence-corrected chi connectivity index (χ1v) is 12.4. The number of carbonyl (C=O) groups excluding carboxylic acids is 1. The van der Waals surface area contributed by atoms with Gasteiger partial charge in [-0.3, -0.25) is 0 Å². The van der Waals surface area contributed by atoms with E-state index in [0.717, 1.165) is 17.3 Å². The molecule has 0 saturated carbocycles. The molecule has 40 heavy (non-hydrogen) atoms. The van der Waals surface area contributed by atoms with E-state index in [-0.39, 0.29) is 44.7 Å². The number of hydrogen-bond acceptors (Lipinski definition) is 8. The second-order valence-electron chi connectivity index (χ2n) is 8.57. The van der Waals surface area contributed by atoms with E-state index in [1.807, 2.05) is 4.90 Å². The number of aromatic nitrogens is 2. The van der Waals surface area contributed by atoms with Crippen LogP contribution in [0.25, 0.3) is 0 Å². The average Bonchev–Trinajstić information content (AvgIpc) is 3.39. The second kappa shape index (κ2) is 11.7. The van der Waals surface area contributed by atoms with Crippen LogP contribution in [0, 0.1) is 0 Å². The lowest BCUT2D eigenvalue weighted by atomic mass is 10.1. The zero-order valence-corrected chi connectivity index (χ0v) is 21.9. The van der Waals surface area contributed by atoms with E-state index in [9.17, 15) is 31.1 Å². The molecule has 0 spiro atoms. The van der Waals surface area contributed by atoms with Crippen molar-refractivity contribution < 1.29 is 45.3 Å². The number of hydrogen-bond donors (Lipinski definition) is 1. The van der Waals surface area contributed by atoms with Crippen molar-refractivity contribution in [1.29, 1.82) is 0 Å². The number of ether oxygens (including phenoxy) is 3. The van der Waals surface area contributed by atoms with Crippen LogP contribution in [-0.4, -0.2) is 60.1 Å². The van der Waals surface area contributed by atoms with Crippen LogP contribution in [0.1, 0.15) is 16.7 Å². The topological polar surface area (TPSA) is 89.1 Å². The molecule has 1 N–H and O–H groups in total. The van der Waals surface area contributed by atoms with Gasteiger partial charge >= 0.3 is 18.4 Å². The van der Waals surface area contributed by atoms with Crippen LogP contribution in [-0.2, 0) is 19.0 Å². The lowest BCUT2D eigenvalue weighted by Gasteiger charge is -2.34. The summed E-state index contributed by atoms with van der Waals surface area (Å²) in [7, 11) is 3.05. The molecule has 0 radical (unpaired) electrons. The highest BCUT2D eigenvalue weighted by Crippen LogP contribution is 2.38. The van der Waals surface area contributed by atoms with Crippen LogP contribution in [0.5, 0.6) is 17.4 Å². The normalized spacial score (nSPS) is 14.2. The van der Waals surface area contributed by atoms with Gasteiger partial charge in [0.2, 0.25) is 5.82 Å². The summed E-state index contributed by atoms with van der Waals surface area (Å²) in [5, 5.41) is 2.15. The van der Waals surface area contributed by atoms with Crippen LogP contribution in [0.4, 0.5) is 42.6 Å². The Morgan fingerprint density at radius 1 is 0.900 bits per heavy atom. The Morgan fingerprint density at radius 3 is 2.10 bits per heavy atom. The molecule has 3 aromatic rings. The lowest BCUT2D eigenvalue weighted by Crippen LogP contribution is -2.50. The van der Waals surface area contributed by atoms with E-state index in [1.165, 1.54) is 19.1 Å². The zero-order valence-electron chi connectivity index (χ0n) is 21.1. The van der Waals surface area contributed by atoms with Gasteiger partial charge in [-0.1, -0.05) is 6.07 Å². The Morgan fingerprint density at radius 2 is 1.52 bits per heavy atom. The number of halogens is 6. The Labute approximate surface area is 228 Å². The zero-order chi connectivity index (χ0) is 29.1. The smallest absolute Gasteiger partial charge is 0.416 e. The van der Waals surface area contributed by atoms with Gasteiger partial charge in [-0.15, -0.1) is 4.37 Å². The minimum atomic E-state index is -5.02. The van der Waals surface area contributed by atoms with E-state index in [4.69, 9.17) is 14.2 Å². The number of carbonyl (C=O) groups is 1. The van der Waals surface area contributed by atoms with Crippen molar-refractivity contribution in [1.82, 2.24) is 13.6 Å². The van der Waals surface area contributed by atoms with Crippen LogP contribution >= 0.6 is 11.7 Å². The van der Waals surface area contributed by atoms with Crippen molar-refractivity contribution in [2.45, 2.75) is 19.0 Å². The number of methoxy groups -OCH3 is 2. The summed E-state index contributed by atoms with van der Waals surface area (Å²) in [6.45, 7) is 0.981. The number of anilines is 2. The predicted molar refractivity (Wildman–Crippen MR) is 133 cm³/mol. The number of benzene rings is 2. The SMILES string of the molecule is COc1ccc(COc2nsnc2N2CCN(C(=O)Nc3cc(C(F)(F)F)cc(C(F)(F)F)c3)CC2)cc1OC. The summed E-state index contributed by atoms with van der Waals surface area (Å²) in [6, 6.07) is 5.41. The molecule has 4 rings (SSSR count). The molecule has 2 amide bonds. The second-order valence-corrected chi connectivity index (χ2v) is 9.10. The van der Waals surface area contributed by atoms with E-state index >= 15 is 0 Å². The van der Waals surface area contributed by atoms with Crippen molar-refractivity contribution >= 4 is 29.3 Å². The molecule has 1 saturated heterocycles. The average molecular weight is 592 g/mol. The van der Waals surface area contributed by atoms with Gasteiger partial charge in [0, 0.05) is 31.9 Å². The number of alkyl halides is 6. The molecule has 0 unspecified atom stereocenters. The van der Waals surface area contributed by atoms with Gasteiger partial charge < -0.3 is 29.3 Å². The summed E-state index contributed by atoms with van der Waals surface area (Å²) in [5.41, 5.74) is -2.84. The van der Waals surface area contributed by atoms with Crippen molar-refractivity contribution in [2.75, 3.05) is 50.6 Å². The van der Waals surface area contributed by atoms with Crippen molar-refractivity contribution in [2.24, 2.45) is 0 Å². The molecule has 216 valence electrons. The highest BCUT2D eigenvalue weighted by atomic mass is 32.1. The maximum Gasteiger partial charge on any atom is 0.416 e. The van der Waals surface area contributed by atoms with Gasteiger partial charge in [0.15, 0.2) is 11.5 Å². The first-order valence-electron chi connectivity index (χ1n) is 11.7. The van der Waals surface area contributed by atoms with Gasteiger partial charge in [-0.25, -0.2) is 4.79 Å². The number of nitrogens with one attached hydrogen (secondary N) is 1. The van der Waals surface area contributed by atoms with Crippen LogP contribution < -0.4 is 24.4 Å². The van der Waals surface area contributed by atoms with E-state index in [2.05, 4.69) is 14.1 Å². The van der Waals surface area contributed by atoms with Crippen molar-refractivity contribution in [3.63, 3.8) is 0 Å². The van der Waals surface area contributed by atoms with Crippen LogP contribution in [0.15, 0.2) is 36.4 Å². The fraction of sp³-hybridized carbons (Fsp3) is 0.375. The fourth-order valence-corrected chi connectivity index (χ4v) is 4.45. The third-order valence-electron chi connectivity index (χ3n) is 5.97. The van der Waals surface area contributed by atoms with Gasteiger partial charge in [0.05, 0.1) is 37.1 Å². The Hall–Kier alpha value is -3.95. The minimum absolute atomic E-state index is 0.00110. The molecule has 0 bridgehead atoms. The number of nitrogens with zero attached hydrogens (tertiary/aromatic N) is 4. The number of amides is 2. The van der Waals surface area contributed by atoms with Crippen LogP contribution in [0.3, 0.4) is 0 Å². The molecule has 16 heteroatoms. The van der Waals surface area contributed by atoms with Gasteiger partial charge in [-0.2, -0.15) is 30.7 Å². The summed E-state index contributed by atoms with van der Waals surface area (Å²) in [4.78, 5) is 15.8. The number of urea groups is 1. The summed E-state index contributed by atoms with van der Waals surface area (Å²) >= 11 is 0.936. The molecule has 0 atom stereocenters. The van der Waals surface area contributed by atoms with E-state index in [1.54, 1.807) is 18.2 Å². The number of piperazine rings is 1. The molecule has 1 aliphatic heterocycles. The Bertz CT molecular complexity index is 1310. The van der Waals surface area contributed by atoms with Gasteiger partial charge in [0.25, 0.3) is 5.88 Å². The van der Waals surface area contributed by atoms with Gasteiger partial charge in [-0.05, 0) is 35.9 Å². The first kappa shape index (κ1) is 29.0. The summed E-state index contributed by atoms with van der Waals surface area (Å²) < 4.78 is 104. The van der Waals surface area contributed by atoms with E-state index in [0.29, 0.717) is 29.4 Å². The van der Waals surface area contributed by atoms with Gasteiger partial charge in [0.1, 0.15) is 6.61 Å². The first-order chi connectivity index (χ1) is 18.9. The predicted octanol–water partition coefficient (Wildman–Crippen LogP) is 5.53. The molecule has 9 nitrogen and oxygen atoms in total.